The second-order valence-corrected chi connectivity index (χ2v) is 4.56. The molecule has 1 rings (SSSR count). The molecule has 1 aromatic rings. The van der Waals surface area contributed by atoms with Crippen molar-refractivity contribution in [2.75, 3.05) is 19.5 Å². The Kier molecular flexibility index (Phi) is 6.95. The molecule has 6 nitrogen and oxygen atoms in total. The van der Waals surface area contributed by atoms with E-state index in [1.165, 1.54) is 14.2 Å². The number of carbonyl (C=O) groups excluding carboxylic acids is 2. The van der Waals surface area contributed by atoms with Crippen LogP contribution in [0.15, 0.2) is 36.0 Å². The van der Waals surface area contributed by atoms with Crippen molar-refractivity contribution in [1.82, 2.24) is 0 Å². The molecular formula is C16H21NO5. The molecule has 0 fully saturated rings. The van der Waals surface area contributed by atoms with Gasteiger partial charge in [0.25, 0.3) is 0 Å². The lowest BCUT2D eigenvalue weighted by atomic mass is 10.2. The van der Waals surface area contributed by atoms with Gasteiger partial charge in [-0.05, 0) is 37.6 Å². The highest BCUT2D eigenvalue weighted by atomic mass is 16.5. The van der Waals surface area contributed by atoms with Gasteiger partial charge < -0.3 is 19.5 Å². The lowest BCUT2D eigenvalue weighted by molar-refractivity contribution is -0.138. The zero-order valence-corrected chi connectivity index (χ0v) is 13.2. The normalized spacial score (nSPS) is 12.3. The summed E-state index contributed by atoms with van der Waals surface area (Å²) in [4.78, 5) is 22.9. The standard InChI is InChI=1S/C16H21NO5/c1-5-11(2)22-13-8-6-12(7-9-13)17-14(16(19)21-4)10-15(18)20-3/h6-11,17H,5H2,1-4H3/b14-10+. The first-order valence-electron chi connectivity index (χ1n) is 6.91. The maximum Gasteiger partial charge on any atom is 0.354 e. The molecule has 0 amide bonds. The zero-order valence-electron chi connectivity index (χ0n) is 13.2. The van der Waals surface area contributed by atoms with Gasteiger partial charge >= 0.3 is 11.9 Å². The molecule has 0 heterocycles. The Labute approximate surface area is 130 Å². The van der Waals surface area contributed by atoms with Gasteiger partial charge in [-0.2, -0.15) is 0 Å². The molecule has 22 heavy (non-hydrogen) atoms. The van der Waals surface area contributed by atoms with Gasteiger partial charge in [-0.15, -0.1) is 0 Å². The van der Waals surface area contributed by atoms with E-state index in [9.17, 15) is 9.59 Å². The Morgan fingerprint density at radius 2 is 1.82 bits per heavy atom. The Morgan fingerprint density at radius 3 is 2.32 bits per heavy atom. The lowest BCUT2D eigenvalue weighted by Gasteiger charge is -2.13. The fourth-order valence-electron chi connectivity index (χ4n) is 1.52. The van der Waals surface area contributed by atoms with E-state index in [0.29, 0.717) is 5.69 Å². The molecule has 1 atom stereocenters. The van der Waals surface area contributed by atoms with Crippen molar-refractivity contribution in [3.05, 3.63) is 36.0 Å². The Morgan fingerprint density at radius 1 is 1.18 bits per heavy atom. The molecule has 1 N–H and O–H groups in total. The first-order valence-corrected chi connectivity index (χ1v) is 6.91. The molecule has 0 bridgehead atoms. The van der Waals surface area contributed by atoms with Crippen molar-refractivity contribution in [1.29, 1.82) is 0 Å². The molecule has 0 aliphatic heterocycles. The van der Waals surface area contributed by atoms with Crippen molar-refractivity contribution in [2.45, 2.75) is 26.4 Å². The molecule has 0 spiro atoms. The Hall–Kier alpha value is -2.50. The number of carbonyl (C=O) groups is 2. The number of ether oxygens (including phenoxy) is 3. The molecule has 0 saturated heterocycles. The molecule has 1 aromatic carbocycles. The van der Waals surface area contributed by atoms with Crippen molar-refractivity contribution in [2.24, 2.45) is 0 Å². The van der Waals surface area contributed by atoms with Crippen LogP contribution >= 0.6 is 0 Å². The molecule has 0 radical (unpaired) electrons. The minimum atomic E-state index is -0.662. The van der Waals surface area contributed by atoms with Gasteiger partial charge in [-0.1, -0.05) is 6.92 Å². The van der Waals surface area contributed by atoms with Gasteiger partial charge in [-0.3, -0.25) is 0 Å². The quantitative estimate of drug-likeness (QED) is 0.616. The molecule has 0 aliphatic rings. The largest absolute Gasteiger partial charge is 0.491 e. The van der Waals surface area contributed by atoms with E-state index >= 15 is 0 Å². The lowest BCUT2D eigenvalue weighted by Crippen LogP contribution is -2.15. The van der Waals surface area contributed by atoms with Crippen LogP contribution in [0.1, 0.15) is 20.3 Å². The number of nitrogens with one attached hydrogen (secondary N) is 1. The Balaban J connectivity index is 2.83. The van der Waals surface area contributed by atoms with Crippen molar-refractivity contribution in [3.8, 4) is 5.75 Å². The van der Waals surface area contributed by atoms with Gasteiger partial charge in [0.1, 0.15) is 11.4 Å². The summed E-state index contributed by atoms with van der Waals surface area (Å²) in [6, 6.07) is 7.04. The predicted molar refractivity (Wildman–Crippen MR) is 82.6 cm³/mol. The molecule has 6 heteroatoms. The van der Waals surface area contributed by atoms with E-state index in [2.05, 4.69) is 14.8 Å². The molecule has 0 aromatic heterocycles. The van der Waals surface area contributed by atoms with Crippen LogP contribution in [0.5, 0.6) is 5.75 Å². The highest BCUT2D eigenvalue weighted by molar-refractivity contribution is 5.98. The van der Waals surface area contributed by atoms with Crippen LogP contribution < -0.4 is 10.1 Å². The van der Waals surface area contributed by atoms with E-state index in [0.717, 1.165) is 18.2 Å². The summed E-state index contributed by atoms with van der Waals surface area (Å²) in [6.07, 6.45) is 2.08. The summed E-state index contributed by atoms with van der Waals surface area (Å²) in [7, 11) is 2.47. The van der Waals surface area contributed by atoms with Crippen LogP contribution in [0.25, 0.3) is 0 Å². The number of anilines is 1. The van der Waals surface area contributed by atoms with E-state index in [-0.39, 0.29) is 11.8 Å². The summed E-state index contributed by atoms with van der Waals surface area (Å²) in [5.41, 5.74) is 0.613. The summed E-state index contributed by atoms with van der Waals surface area (Å²) in [5.74, 6) is -0.577. The third-order valence-electron chi connectivity index (χ3n) is 2.91. The third-order valence-corrected chi connectivity index (χ3v) is 2.91. The minimum absolute atomic E-state index is 0.00931. The fourth-order valence-corrected chi connectivity index (χ4v) is 1.52. The van der Waals surface area contributed by atoms with Crippen molar-refractivity contribution >= 4 is 17.6 Å². The number of hydrogen-bond acceptors (Lipinski definition) is 6. The highest BCUT2D eigenvalue weighted by Gasteiger charge is 2.12. The van der Waals surface area contributed by atoms with Crippen molar-refractivity contribution < 1.29 is 23.8 Å². The van der Waals surface area contributed by atoms with E-state index in [1.807, 2.05) is 13.8 Å². The van der Waals surface area contributed by atoms with Crippen LogP contribution in [0, 0.1) is 0 Å². The van der Waals surface area contributed by atoms with Crippen LogP contribution in [-0.4, -0.2) is 32.3 Å². The molecule has 1 unspecified atom stereocenters. The van der Waals surface area contributed by atoms with Crippen LogP contribution in [-0.2, 0) is 19.1 Å². The minimum Gasteiger partial charge on any atom is -0.491 e. The first kappa shape index (κ1) is 17.6. The maximum absolute atomic E-state index is 11.6. The average Bonchev–Trinajstić information content (AvgIpc) is 2.54. The molecule has 0 aliphatic carbocycles. The van der Waals surface area contributed by atoms with Gasteiger partial charge in [-0.25, -0.2) is 9.59 Å². The van der Waals surface area contributed by atoms with Crippen LogP contribution in [0.2, 0.25) is 0 Å². The molecular weight excluding hydrogens is 286 g/mol. The summed E-state index contributed by atoms with van der Waals surface area (Å²) < 4.78 is 14.8. The second kappa shape index (κ2) is 8.71. The Bertz CT molecular complexity index is 536. The zero-order chi connectivity index (χ0) is 16.5. The number of methoxy groups -OCH3 is 2. The molecule has 120 valence electrons. The number of esters is 2. The topological polar surface area (TPSA) is 73.9 Å². The van der Waals surface area contributed by atoms with Crippen LogP contribution in [0.3, 0.4) is 0 Å². The second-order valence-electron chi connectivity index (χ2n) is 4.56. The van der Waals surface area contributed by atoms with Crippen molar-refractivity contribution in [3.63, 3.8) is 0 Å². The monoisotopic (exact) mass is 307 g/mol. The smallest absolute Gasteiger partial charge is 0.354 e. The van der Waals surface area contributed by atoms with Gasteiger partial charge in [0.2, 0.25) is 0 Å². The van der Waals surface area contributed by atoms with E-state index in [4.69, 9.17) is 4.74 Å². The highest BCUT2D eigenvalue weighted by Crippen LogP contribution is 2.19. The number of hydrogen-bond donors (Lipinski definition) is 1. The summed E-state index contributed by atoms with van der Waals surface area (Å²) in [6.45, 7) is 4.03. The SMILES string of the molecule is CCC(C)Oc1ccc(N/C(=C/C(=O)OC)C(=O)OC)cc1. The maximum atomic E-state index is 11.6. The first-order chi connectivity index (χ1) is 10.5. The van der Waals surface area contributed by atoms with Gasteiger partial charge in [0, 0.05) is 5.69 Å². The van der Waals surface area contributed by atoms with Gasteiger partial charge in [0.05, 0.1) is 26.4 Å². The van der Waals surface area contributed by atoms with E-state index < -0.39 is 11.9 Å². The fraction of sp³-hybridized carbons (Fsp3) is 0.375. The van der Waals surface area contributed by atoms with Crippen LogP contribution in [0.4, 0.5) is 5.69 Å². The number of rotatable bonds is 7. The number of benzene rings is 1. The summed E-state index contributed by atoms with van der Waals surface area (Å²) >= 11 is 0. The predicted octanol–water partition coefficient (Wildman–Crippen LogP) is 2.51. The average molecular weight is 307 g/mol. The molecule has 0 saturated carbocycles. The summed E-state index contributed by atoms with van der Waals surface area (Å²) in [5, 5.41) is 2.82. The van der Waals surface area contributed by atoms with Gasteiger partial charge in [0.15, 0.2) is 0 Å². The van der Waals surface area contributed by atoms with E-state index in [1.54, 1.807) is 24.3 Å². The third kappa shape index (κ3) is 5.47.